The standard InChI is InChI=1S/C18H21FN2O3S/c1-12(2)25(22,23)21-17-7-8-24-18(17)14-5-3-13(4-6-14)15-9-16(19)11-20-10-15/h3-6,9-12,17-18,21H,7-8H2,1-2H3. The SMILES string of the molecule is CC(C)S(=O)(=O)NC1CCOC1c1ccc(-c2cncc(F)c2)cc1. The Kier molecular flexibility index (Phi) is 5.17. The van der Waals surface area contributed by atoms with Crippen molar-refractivity contribution in [3.05, 3.63) is 54.1 Å². The molecule has 7 heteroatoms. The molecule has 5 nitrogen and oxygen atoms in total. The Bertz CT molecular complexity index is 838. The van der Waals surface area contributed by atoms with E-state index in [1.807, 2.05) is 24.3 Å². The van der Waals surface area contributed by atoms with Gasteiger partial charge in [-0.25, -0.2) is 17.5 Å². The van der Waals surface area contributed by atoms with E-state index >= 15 is 0 Å². The van der Waals surface area contributed by atoms with Gasteiger partial charge in [0.2, 0.25) is 10.0 Å². The first-order chi connectivity index (χ1) is 11.9. The molecular formula is C18H21FN2O3S. The van der Waals surface area contributed by atoms with Crippen molar-refractivity contribution >= 4 is 10.0 Å². The molecule has 0 radical (unpaired) electrons. The van der Waals surface area contributed by atoms with Gasteiger partial charge in [0.05, 0.1) is 23.6 Å². The van der Waals surface area contributed by atoms with Gasteiger partial charge in [0.25, 0.3) is 0 Å². The number of ether oxygens (including phenoxy) is 1. The van der Waals surface area contributed by atoms with Crippen molar-refractivity contribution in [2.45, 2.75) is 37.7 Å². The van der Waals surface area contributed by atoms with Gasteiger partial charge in [-0.2, -0.15) is 0 Å². The molecule has 0 amide bonds. The lowest BCUT2D eigenvalue weighted by Gasteiger charge is -2.21. The van der Waals surface area contributed by atoms with Gasteiger partial charge in [-0.15, -0.1) is 0 Å². The highest BCUT2D eigenvalue weighted by Gasteiger charge is 2.33. The molecule has 2 heterocycles. The molecule has 134 valence electrons. The first-order valence-electron chi connectivity index (χ1n) is 8.20. The zero-order chi connectivity index (χ0) is 18.0. The van der Waals surface area contributed by atoms with Crippen LogP contribution in [0.2, 0.25) is 0 Å². The number of pyridine rings is 1. The van der Waals surface area contributed by atoms with Crippen molar-refractivity contribution in [3.8, 4) is 11.1 Å². The molecule has 1 aliphatic rings. The monoisotopic (exact) mass is 364 g/mol. The van der Waals surface area contributed by atoms with Crippen LogP contribution in [0.5, 0.6) is 0 Å². The van der Waals surface area contributed by atoms with Gasteiger partial charge >= 0.3 is 0 Å². The van der Waals surface area contributed by atoms with Crippen molar-refractivity contribution < 1.29 is 17.5 Å². The van der Waals surface area contributed by atoms with Crippen LogP contribution in [0.3, 0.4) is 0 Å². The minimum Gasteiger partial charge on any atom is -0.372 e. The summed E-state index contributed by atoms with van der Waals surface area (Å²) in [5.74, 6) is -0.385. The maximum atomic E-state index is 13.3. The third kappa shape index (κ3) is 4.05. The minimum absolute atomic E-state index is 0.283. The summed E-state index contributed by atoms with van der Waals surface area (Å²) < 4.78 is 46.0. The second-order valence-corrected chi connectivity index (χ2v) is 8.68. The van der Waals surface area contributed by atoms with Gasteiger partial charge in [-0.3, -0.25) is 4.98 Å². The molecule has 2 aromatic rings. The summed E-state index contributed by atoms with van der Waals surface area (Å²) in [5.41, 5.74) is 2.42. The number of nitrogens with one attached hydrogen (secondary N) is 1. The first kappa shape index (κ1) is 18.0. The molecule has 2 unspecified atom stereocenters. The average Bonchev–Trinajstić information content (AvgIpc) is 3.02. The lowest BCUT2D eigenvalue weighted by molar-refractivity contribution is 0.102. The van der Waals surface area contributed by atoms with E-state index in [9.17, 15) is 12.8 Å². The number of benzene rings is 1. The quantitative estimate of drug-likeness (QED) is 0.885. The van der Waals surface area contributed by atoms with Gasteiger partial charge in [0, 0.05) is 18.4 Å². The highest BCUT2D eigenvalue weighted by molar-refractivity contribution is 7.90. The molecule has 1 saturated heterocycles. The number of aromatic nitrogens is 1. The Morgan fingerprint density at radius 3 is 2.56 bits per heavy atom. The van der Waals surface area contributed by atoms with Crippen LogP contribution in [0.1, 0.15) is 31.9 Å². The van der Waals surface area contributed by atoms with E-state index < -0.39 is 15.3 Å². The maximum absolute atomic E-state index is 13.3. The average molecular weight is 364 g/mol. The lowest BCUT2D eigenvalue weighted by Crippen LogP contribution is -2.40. The smallest absolute Gasteiger partial charge is 0.214 e. The van der Waals surface area contributed by atoms with Gasteiger partial charge in [-0.05, 0) is 37.5 Å². The highest BCUT2D eigenvalue weighted by Crippen LogP contribution is 2.31. The fraction of sp³-hybridized carbons (Fsp3) is 0.389. The molecule has 1 N–H and O–H groups in total. The van der Waals surface area contributed by atoms with Crippen LogP contribution in [0.15, 0.2) is 42.7 Å². The van der Waals surface area contributed by atoms with Crippen LogP contribution < -0.4 is 4.72 Å². The fourth-order valence-corrected chi connectivity index (χ4v) is 3.76. The zero-order valence-electron chi connectivity index (χ0n) is 14.1. The predicted octanol–water partition coefficient (Wildman–Crippen LogP) is 3.05. The van der Waals surface area contributed by atoms with Crippen molar-refractivity contribution in [1.82, 2.24) is 9.71 Å². The number of sulfonamides is 1. The Balaban J connectivity index is 1.79. The summed E-state index contributed by atoms with van der Waals surface area (Å²) in [6.45, 7) is 3.80. The Labute approximate surface area is 147 Å². The molecule has 3 rings (SSSR count). The minimum atomic E-state index is -3.36. The van der Waals surface area contributed by atoms with Crippen molar-refractivity contribution in [2.75, 3.05) is 6.61 Å². The third-order valence-corrected chi connectivity index (χ3v) is 6.18. The molecular weight excluding hydrogens is 343 g/mol. The maximum Gasteiger partial charge on any atom is 0.214 e. The molecule has 1 fully saturated rings. The van der Waals surface area contributed by atoms with Crippen LogP contribution in [0.25, 0.3) is 11.1 Å². The van der Waals surface area contributed by atoms with Gasteiger partial charge in [-0.1, -0.05) is 24.3 Å². The van der Waals surface area contributed by atoms with E-state index in [1.54, 1.807) is 20.0 Å². The summed E-state index contributed by atoms with van der Waals surface area (Å²) in [4.78, 5) is 3.85. The third-order valence-electron chi connectivity index (χ3n) is 4.31. The number of halogens is 1. The van der Waals surface area contributed by atoms with Crippen LogP contribution >= 0.6 is 0 Å². The zero-order valence-corrected chi connectivity index (χ0v) is 15.0. The van der Waals surface area contributed by atoms with E-state index in [1.165, 1.54) is 6.07 Å². The van der Waals surface area contributed by atoms with E-state index in [2.05, 4.69) is 9.71 Å². The number of nitrogens with zero attached hydrogens (tertiary/aromatic N) is 1. The van der Waals surface area contributed by atoms with Crippen LogP contribution in [-0.2, 0) is 14.8 Å². The second kappa shape index (κ2) is 7.19. The Morgan fingerprint density at radius 2 is 1.92 bits per heavy atom. The largest absolute Gasteiger partial charge is 0.372 e. The summed E-state index contributed by atoms with van der Waals surface area (Å²) in [6.07, 6.45) is 3.07. The first-order valence-corrected chi connectivity index (χ1v) is 9.75. The van der Waals surface area contributed by atoms with Gasteiger partial charge < -0.3 is 4.74 Å². The molecule has 0 aliphatic carbocycles. The number of rotatable bonds is 5. The molecule has 2 atom stereocenters. The molecule has 1 aromatic carbocycles. The summed E-state index contributed by atoms with van der Waals surface area (Å²) in [6, 6.07) is 8.63. The van der Waals surface area contributed by atoms with E-state index in [0.29, 0.717) is 18.6 Å². The highest BCUT2D eigenvalue weighted by atomic mass is 32.2. The van der Waals surface area contributed by atoms with Crippen molar-refractivity contribution in [1.29, 1.82) is 0 Å². The van der Waals surface area contributed by atoms with Crippen LogP contribution in [0.4, 0.5) is 4.39 Å². The Hall–Kier alpha value is -1.83. The topological polar surface area (TPSA) is 68.3 Å². The van der Waals surface area contributed by atoms with Crippen LogP contribution in [-0.4, -0.2) is 31.3 Å². The van der Waals surface area contributed by atoms with Crippen molar-refractivity contribution in [2.24, 2.45) is 0 Å². The summed E-state index contributed by atoms with van der Waals surface area (Å²) in [7, 11) is -3.36. The summed E-state index contributed by atoms with van der Waals surface area (Å²) in [5, 5.41) is -0.489. The van der Waals surface area contributed by atoms with Crippen LogP contribution in [0, 0.1) is 5.82 Å². The molecule has 1 aliphatic heterocycles. The van der Waals surface area contributed by atoms with E-state index in [-0.39, 0.29) is 18.0 Å². The van der Waals surface area contributed by atoms with Gasteiger partial charge in [0.15, 0.2) is 0 Å². The van der Waals surface area contributed by atoms with E-state index in [4.69, 9.17) is 4.74 Å². The Morgan fingerprint density at radius 1 is 1.20 bits per heavy atom. The predicted molar refractivity (Wildman–Crippen MR) is 93.9 cm³/mol. The van der Waals surface area contributed by atoms with Gasteiger partial charge in [0.1, 0.15) is 5.82 Å². The second-order valence-electron chi connectivity index (χ2n) is 6.41. The molecule has 0 spiro atoms. The molecule has 1 aromatic heterocycles. The molecule has 0 saturated carbocycles. The fourth-order valence-electron chi connectivity index (χ4n) is 2.82. The number of hydrogen-bond acceptors (Lipinski definition) is 4. The molecule has 0 bridgehead atoms. The normalized spacial score (nSPS) is 21.0. The molecule has 25 heavy (non-hydrogen) atoms. The number of hydrogen-bond donors (Lipinski definition) is 1. The van der Waals surface area contributed by atoms with Crippen molar-refractivity contribution in [3.63, 3.8) is 0 Å². The summed E-state index contributed by atoms with van der Waals surface area (Å²) >= 11 is 0. The van der Waals surface area contributed by atoms with E-state index in [0.717, 1.165) is 17.3 Å². The lowest BCUT2D eigenvalue weighted by atomic mass is 9.99.